The van der Waals surface area contributed by atoms with Crippen LogP contribution in [0.2, 0.25) is 0 Å². The van der Waals surface area contributed by atoms with Crippen LogP contribution in [0.1, 0.15) is 25.0 Å². The summed E-state index contributed by atoms with van der Waals surface area (Å²) in [5, 5.41) is 2.45. The normalized spacial score (nSPS) is 19.1. The summed E-state index contributed by atoms with van der Waals surface area (Å²) >= 11 is 0. The Morgan fingerprint density at radius 3 is 2.35 bits per heavy atom. The molecule has 1 heterocycles. The fourth-order valence-corrected chi connectivity index (χ4v) is 2.53. The summed E-state index contributed by atoms with van der Waals surface area (Å²) in [5.74, 6) is 0.000155. The zero-order valence-corrected chi connectivity index (χ0v) is 11.9. The molecule has 2 N–H and O–H groups in total. The number of hydrogen-bond donors (Lipinski definition) is 2. The van der Waals surface area contributed by atoms with Crippen LogP contribution in [0.15, 0.2) is 42.1 Å². The molecule has 3 heteroatoms. The largest absolute Gasteiger partial charge is 0.302 e. The van der Waals surface area contributed by atoms with Crippen molar-refractivity contribution in [3.05, 3.63) is 53.2 Å². The lowest BCUT2D eigenvalue weighted by Crippen LogP contribution is -2.28. The van der Waals surface area contributed by atoms with Crippen molar-refractivity contribution >= 4 is 22.8 Å². The minimum absolute atomic E-state index is 0.000155. The maximum Gasteiger partial charge on any atom is 0.249 e. The van der Waals surface area contributed by atoms with Crippen LogP contribution in [-0.2, 0) is 4.79 Å². The Bertz CT molecular complexity index is 729. The zero-order valence-electron chi connectivity index (χ0n) is 11.9. The molecular formula is C17H18N2O. The third-order valence-corrected chi connectivity index (χ3v) is 4.03. The van der Waals surface area contributed by atoms with Crippen molar-refractivity contribution in [1.29, 1.82) is 0 Å². The number of rotatable bonds is 1. The molecule has 1 aliphatic heterocycles. The SMILES string of the molecule is Cc1ccc(/C=C2\NNC(=O)C2(C)C)c2ccccc12. The number of hydrazine groups is 1. The number of amides is 1. The summed E-state index contributed by atoms with van der Waals surface area (Å²) in [6, 6.07) is 12.6. The van der Waals surface area contributed by atoms with Gasteiger partial charge in [0.2, 0.25) is 5.91 Å². The lowest BCUT2D eigenvalue weighted by molar-refractivity contribution is -0.125. The second-order valence-corrected chi connectivity index (χ2v) is 5.78. The topological polar surface area (TPSA) is 41.1 Å². The monoisotopic (exact) mass is 266 g/mol. The Labute approximate surface area is 118 Å². The molecular weight excluding hydrogens is 248 g/mol. The van der Waals surface area contributed by atoms with E-state index in [0.717, 1.165) is 11.3 Å². The van der Waals surface area contributed by atoms with Gasteiger partial charge in [-0.3, -0.25) is 10.2 Å². The summed E-state index contributed by atoms with van der Waals surface area (Å²) in [5.41, 5.74) is 8.43. The fraction of sp³-hybridized carbons (Fsp3) is 0.235. The van der Waals surface area contributed by atoms with Crippen molar-refractivity contribution in [2.45, 2.75) is 20.8 Å². The molecule has 0 saturated carbocycles. The van der Waals surface area contributed by atoms with E-state index in [0.29, 0.717) is 0 Å². The molecule has 3 rings (SSSR count). The summed E-state index contributed by atoms with van der Waals surface area (Å²) < 4.78 is 0. The van der Waals surface area contributed by atoms with E-state index in [4.69, 9.17) is 0 Å². The van der Waals surface area contributed by atoms with Crippen molar-refractivity contribution in [3.8, 4) is 0 Å². The lowest BCUT2D eigenvalue weighted by Gasteiger charge is -2.15. The van der Waals surface area contributed by atoms with Crippen LogP contribution in [0.25, 0.3) is 16.8 Å². The van der Waals surface area contributed by atoms with Gasteiger partial charge in [-0.05, 0) is 48.7 Å². The number of carbonyl (C=O) groups excluding carboxylic acids is 1. The highest BCUT2D eigenvalue weighted by Gasteiger charge is 2.37. The molecule has 2 aromatic rings. The van der Waals surface area contributed by atoms with Crippen LogP contribution >= 0.6 is 0 Å². The maximum absolute atomic E-state index is 11.8. The predicted octanol–water partition coefficient (Wildman–Crippen LogP) is 3.15. The number of aryl methyl sites for hydroxylation is 1. The van der Waals surface area contributed by atoms with E-state index in [1.54, 1.807) is 0 Å². The molecule has 0 aliphatic carbocycles. The molecule has 102 valence electrons. The summed E-state index contributed by atoms with van der Waals surface area (Å²) in [7, 11) is 0. The summed E-state index contributed by atoms with van der Waals surface area (Å²) in [4.78, 5) is 11.8. The van der Waals surface area contributed by atoms with Gasteiger partial charge < -0.3 is 5.43 Å². The Kier molecular flexibility index (Phi) is 2.78. The molecule has 0 aromatic heterocycles. The Balaban J connectivity index is 2.17. The number of fused-ring (bicyclic) bond motifs is 1. The van der Waals surface area contributed by atoms with Gasteiger partial charge in [0, 0.05) is 5.70 Å². The molecule has 0 bridgehead atoms. The van der Waals surface area contributed by atoms with Crippen LogP contribution in [0.5, 0.6) is 0 Å². The molecule has 1 saturated heterocycles. The van der Waals surface area contributed by atoms with Crippen molar-refractivity contribution in [2.75, 3.05) is 0 Å². The first-order valence-electron chi connectivity index (χ1n) is 6.77. The molecule has 2 aromatic carbocycles. The minimum Gasteiger partial charge on any atom is -0.302 e. The van der Waals surface area contributed by atoms with Gasteiger partial charge in [0.1, 0.15) is 0 Å². The first-order valence-corrected chi connectivity index (χ1v) is 6.77. The number of benzene rings is 2. The molecule has 1 aliphatic rings. The highest BCUT2D eigenvalue weighted by molar-refractivity contribution is 5.95. The van der Waals surface area contributed by atoms with Crippen LogP contribution in [0, 0.1) is 12.3 Å². The standard InChI is InChI=1S/C17H18N2O/c1-11-8-9-12(14-7-5-4-6-13(11)14)10-15-17(2,3)16(20)19-18-15/h4-10,18H,1-3H3,(H,19,20)/b15-10-. The van der Waals surface area contributed by atoms with Gasteiger partial charge >= 0.3 is 0 Å². The summed E-state index contributed by atoms with van der Waals surface area (Å²) in [6.45, 7) is 5.96. The van der Waals surface area contributed by atoms with Crippen molar-refractivity contribution in [1.82, 2.24) is 10.9 Å². The van der Waals surface area contributed by atoms with E-state index in [2.05, 4.69) is 54.2 Å². The van der Waals surface area contributed by atoms with Gasteiger partial charge in [0.25, 0.3) is 0 Å². The highest BCUT2D eigenvalue weighted by atomic mass is 16.2. The zero-order chi connectivity index (χ0) is 14.3. The van der Waals surface area contributed by atoms with Crippen molar-refractivity contribution < 1.29 is 4.79 Å². The number of hydrogen-bond acceptors (Lipinski definition) is 2. The quantitative estimate of drug-likeness (QED) is 0.832. The van der Waals surface area contributed by atoms with E-state index < -0.39 is 5.41 Å². The third-order valence-electron chi connectivity index (χ3n) is 4.03. The fourth-order valence-electron chi connectivity index (χ4n) is 2.53. The molecule has 0 unspecified atom stereocenters. The van der Waals surface area contributed by atoms with E-state index in [-0.39, 0.29) is 5.91 Å². The van der Waals surface area contributed by atoms with Gasteiger partial charge in [-0.25, -0.2) is 0 Å². The Morgan fingerprint density at radius 1 is 1.00 bits per heavy atom. The summed E-state index contributed by atoms with van der Waals surface area (Å²) in [6.07, 6.45) is 2.06. The molecule has 0 atom stereocenters. The maximum atomic E-state index is 11.8. The van der Waals surface area contributed by atoms with Crippen LogP contribution < -0.4 is 10.9 Å². The van der Waals surface area contributed by atoms with Crippen LogP contribution in [0.4, 0.5) is 0 Å². The van der Waals surface area contributed by atoms with Crippen molar-refractivity contribution in [3.63, 3.8) is 0 Å². The second kappa shape index (κ2) is 4.37. The predicted molar refractivity (Wildman–Crippen MR) is 81.7 cm³/mol. The van der Waals surface area contributed by atoms with Crippen LogP contribution in [0.3, 0.4) is 0 Å². The average Bonchev–Trinajstić information content (AvgIpc) is 2.69. The molecule has 1 amide bonds. The molecule has 3 nitrogen and oxygen atoms in total. The van der Waals surface area contributed by atoms with Gasteiger partial charge in [-0.15, -0.1) is 0 Å². The van der Waals surface area contributed by atoms with Crippen molar-refractivity contribution in [2.24, 2.45) is 5.41 Å². The first-order chi connectivity index (χ1) is 9.50. The van der Waals surface area contributed by atoms with Gasteiger partial charge in [-0.1, -0.05) is 36.4 Å². The van der Waals surface area contributed by atoms with Gasteiger partial charge in [-0.2, -0.15) is 0 Å². The highest BCUT2D eigenvalue weighted by Crippen LogP contribution is 2.31. The molecule has 20 heavy (non-hydrogen) atoms. The van der Waals surface area contributed by atoms with Gasteiger partial charge in [0.05, 0.1) is 5.41 Å². The van der Waals surface area contributed by atoms with E-state index in [1.165, 1.54) is 16.3 Å². The number of carbonyl (C=O) groups is 1. The van der Waals surface area contributed by atoms with Gasteiger partial charge in [0.15, 0.2) is 0 Å². The molecule has 0 spiro atoms. The second-order valence-electron chi connectivity index (χ2n) is 5.78. The molecule has 1 fully saturated rings. The van der Waals surface area contributed by atoms with E-state index >= 15 is 0 Å². The number of nitrogens with one attached hydrogen (secondary N) is 2. The lowest BCUT2D eigenvalue weighted by atomic mass is 9.88. The van der Waals surface area contributed by atoms with Crippen LogP contribution in [-0.4, -0.2) is 5.91 Å². The average molecular weight is 266 g/mol. The molecule has 0 radical (unpaired) electrons. The van der Waals surface area contributed by atoms with E-state index in [1.807, 2.05) is 19.9 Å². The van der Waals surface area contributed by atoms with E-state index in [9.17, 15) is 4.79 Å². The first kappa shape index (κ1) is 12.7. The third kappa shape index (κ3) is 1.86. The Hall–Kier alpha value is -2.29. The Morgan fingerprint density at radius 2 is 1.70 bits per heavy atom. The minimum atomic E-state index is -0.522. The smallest absolute Gasteiger partial charge is 0.249 e.